The molecule has 0 radical (unpaired) electrons. The minimum absolute atomic E-state index is 0.0565. The van der Waals surface area contributed by atoms with Crippen molar-refractivity contribution in [2.75, 3.05) is 36.4 Å². The second-order valence-electron chi connectivity index (χ2n) is 7.62. The fourth-order valence-corrected chi connectivity index (χ4v) is 3.77. The topological polar surface area (TPSA) is 52.7 Å². The smallest absolute Gasteiger partial charge is 0.253 e. The molecule has 2 amide bonds. The normalized spacial score (nSPS) is 16.5. The van der Waals surface area contributed by atoms with E-state index in [4.69, 9.17) is 0 Å². The largest absolute Gasteiger partial charge is 0.368 e. The molecule has 1 saturated heterocycles. The lowest BCUT2D eigenvalue weighted by Crippen LogP contribution is -2.48. The Morgan fingerprint density at radius 1 is 1.00 bits per heavy atom. The Morgan fingerprint density at radius 3 is 2.37 bits per heavy atom. The summed E-state index contributed by atoms with van der Waals surface area (Å²) < 4.78 is 0. The van der Waals surface area contributed by atoms with Crippen molar-refractivity contribution in [3.05, 3.63) is 59.2 Å². The average Bonchev–Trinajstić information content (AvgIpc) is 3.07. The lowest BCUT2D eigenvalue weighted by molar-refractivity contribution is -0.115. The predicted molar refractivity (Wildman–Crippen MR) is 107 cm³/mol. The fraction of sp³-hybridized carbons (Fsp3) is 0.364. The number of fused-ring (bicyclic) bond motifs is 1. The van der Waals surface area contributed by atoms with Crippen LogP contribution in [-0.4, -0.2) is 42.9 Å². The molecule has 0 atom stereocenters. The first-order valence-electron chi connectivity index (χ1n) is 9.58. The van der Waals surface area contributed by atoms with Gasteiger partial charge in [0.15, 0.2) is 0 Å². The first kappa shape index (κ1) is 17.6. The van der Waals surface area contributed by atoms with Crippen molar-refractivity contribution in [3.8, 4) is 0 Å². The molecule has 4 rings (SSSR count). The number of nitrogens with one attached hydrogen (secondary N) is 1. The third-order valence-corrected chi connectivity index (χ3v) is 5.47. The van der Waals surface area contributed by atoms with Crippen LogP contribution in [0.3, 0.4) is 0 Å². The van der Waals surface area contributed by atoms with E-state index in [2.05, 4.69) is 30.1 Å². The molecule has 0 bridgehead atoms. The number of benzene rings is 2. The summed E-state index contributed by atoms with van der Waals surface area (Å²) >= 11 is 0. The third kappa shape index (κ3) is 3.54. The van der Waals surface area contributed by atoms with Crippen LogP contribution in [0.1, 0.15) is 41.3 Å². The van der Waals surface area contributed by atoms with Gasteiger partial charge in [-0.15, -0.1) is 0 Å². The van der Waals surface area contributed by atoms with Crippen molar-refractivity contribution in [3.63, 3.8) is 0 Å². The van der Waals surface area contributed by atoms with Gasteiger partial charge in [0, 0.05) is 43.1 Å². The van der Waals surface area contributed by atoms with Crippen LogP contribution in [-0.2, 0) is 11.2 Å². The summed E-state index contributed by atoms with van der Waals surface area (Å²) in [6.07, 6.45) is 0.452. The van der Waals surface area contributed by atoms with Gasteiger partial charge in [0.05, 0.1) is 6.42 Å². The molecule has 2 aliphatic heterocycles. The van der Waals surface area contributed by atoms with Crippen molar-refractivity contribution in [1.29, 1.82) is 0 Å². The number of hydrogen-bond acceptors (Lipinski definition) is 3. The molecule has 0 aliphatic carbocycles. The zero-order valence-electron chi connectivity index (χ0n) is 15.9. The van der Waals surface area contributed by atoms with Gasteiger partial charge in [-0.2, -0.15) is 0 Å². The van der Waals surface area contributed by atoms with Crippen molar-refractivity contribution in [2.45, 2.75) is 26.2 Å². The highest BCUT2D eigenvalue weighted by Gasteiger charge is 2.24. The molecule has 5 nitrogen and oxygen atoms in total. The molecule has 2 aromatic carbocycles. The summed E-state index contributed by atoms with van der Waals surface area (Å²) in [4.78, 5) is 28.5. The monoisotopic (exact) mass is 363 g/mol. The Bertz CT molecular complexity index is 866. The number of piperazine rings is 1. The van der Waals surface area contributed by atoms with Gasteiger partial charge in [-0.05, 0) is 47.4 Å². The number of hydrogen-bond donors (Lipinski definition) is 1. The quantitative estimate of drug-likeness (QED) is 0.911. The Labute approximate surface area is 160 Å². The minimum atomic E-state index is 0.0565. The lowest BCUT2D eigenvalue weighted by Gasteiger charge is -2.36. The van der Waals surface area contributed by atoms with E-state index in [1.807, 2.05) is 41.3 Å². The van der Waals surface area contributed by atoms with E-state index < -0.39 is 0 Å². The molecule has 0 saturated carbocycles. The standard InChI is InChI=1S/C22H25N3O2/c1-15(2)16-3-5-17(6-4-16)22(27)25-11-9-24(10-12-25)19-7-8-20-18(13-19)14-21(26)23-20/h3-8,13,15H,9-12,14H2,1-2H3,(H,23,26). The number of nitrogens with zero attached hydrogens (tertiary/aromatic N) is 2. The van der Waals surface area contributed by atoms with Gasteiger partial charge < -0.3 is 15.1 Å². The summed E-state index contributed by atoms with van der Waals surface area (Å²) in [5.74, 6) is 0.630. The predicted octanol–water partition coefficient (Wildman–Crippen LogP) is 3.27. The van der Waals surface area contributed by atoms with Gasteiger partial charge in [-0.3, -0.25) is 9.59 Å². The van der Waals surface area contributed by atoms with E-state index in [-0.39, 0.29) is 11.8 Å². The molecule has 2 aliphatic rings. The molecule has 1 N–H and O–H groups in total. The van der Waals surface area contributed by atoms with Crippen LogP contribution in [0.25, 0.3) is 0 Å². The van der Waals surface area contributed by atoms with Gasteiger partial charge in [-0.1, -0.05) is 26.0 Å². The fourth-order valence-electron chi connectivity index (χ4n) is 3.77. The van der Waals surface area contributed by atoms with Crippen LogP contribution in [0.2, 0.25) is 0 Å². The Kier molecular flexibility index (Phi) is 4.60. The zero-order valence-corrected chi connectivity index (χ0v) is 15.9. The molecule has 5 heteroatoms. The molecule has 2 heterocycles. The summed E-state index contributed by atoms with van der Waals surface area (Å²) in [5.41, 5.74) is 5.11. The van der Waals surface area contributed by atoms with Crippen molar-refractivity contribution >= 4 is 23.2 Å². The minimum Gasteiger partial charge on any atom is -0.368 e. The maximum Gasteiger partial charge on any atom is 0.253 e. The van der Waals surface area contributed by atoms with Crippen LogP contribution in [0.4, 0.5) is 11.4 Å². The van der Waals surface area contributed by atoms with Gasteiger partial charge in [0.2, 0.25) is 5.91 Å². The first-order chi connectivity index (χ1) is 13.0. The summed E-state index contributed by atoms with van der Waals surface area (Å²) in [7, 11) is 0. The van der Waals surface area contributed by atoms with E-state index in [1.165, 1.54) is 5.56 Å². The van der Waals surface area contributed by atoms with Crippen molar-refractivity contribution < 1.29 is 9.59 Å². The first-order valence-corrected chi connectivity index (χ1v) is 9.58. The number of amides is 2. The summed E-state index contributed by atoms with van der Waals surface area (Å²) in [6, 6.07) is 14.1. The van der Waals surface area contributed by atoms with Gasteiger partial charge >= 0.3 is 0 Å². The number of rotatable bonds is 3. The van der Waals surface area contributed by atoms with E-state index in [0.29, 0.717) is 25.4 Å². The number of anilines is 2. The Morgan fingerprint density at radius 2 is 1.70 bits per heavy atom. The van der Waals surface area contributed by atoms with Crippen LogP contribution in [0.5, 0.6) is 0 Å². The molecule has 1 fully saturated rings. The second-order valence-corrected chi connectivity index (χ2v) is 7.62. The molecule has 0 aromatic heterocycles. The molecule has 140 valence electrons. The third-order valence-electron chi connectivity index (χ3n) is 5.47. The lowest BCUT2D eigenvalue weighted by atomic mass is 10.0. The van der Waals surface area contributed by atoms with Gasteiger partial charge in [-0.25, -0.2) is 0 Å². The number of carbonyl (C=O) groups excluding carboxylic acids is 2. The summed E-state index contributed by atoms with van der Waals surface area (Å²) in [6.45, 7) is 7.33. The average molecular weight is 363 g/mol. The highest BCUT2D eigenvalue weighted by Crippen LogP contribution is 2.28. The van der Waals surface area contributed by atoms with E-state index in [9.17, 15) is 9.59 Å². The Hall–Kier alpha value is -2.82. The molecule has 27 heavy (non-hydrogen) atoms. The van der Waals surface area contributed by atoms with E-state index in [0.717, 1.165) is 35.6 Å². The summed E-state index contributed by atoms with van der Waals surface area (Å²) in [5, 5.41) is 2.87. The molecular formula is C22H25N3O2. The van der Waals surface area contributed by atoms with E-state index >= 15 is 0 Å². The highest BCUT2D eigenvalue weighted by molar-refractivity contribution is 5.99. The molecule has 2 aromatic rings. The van der Waals surface area contributed by atoms with Crippen molar-refractivity contribution in [2.24, 2.45) is 0 Å². The SMILES string of the molecule is CC(C)c1ccc(C(=O)N2CCN(c3ccc4c(c3)CC(=O)N4)CC2)cc1. The van der Waals surface area contributed by atoms with Crippen LogP contribution >= 0.6 is 0 Å². The van der Waals surface area contributed by atoms with Gasteiger partial charge in [0.25, 0.3) is 5.91 Å². The molecule has 0 spiro atoms. The maximum absolute atomic E-state index is 12.8. The number of carbonyl (C=O) groups is 2. The Balaban J connectivity index is 1.39. The van der Waals surface area contributed by atoms with Crippen LogP contribution < -0.4 is 10.2 Å². The molecular weight excluding hydrogens is 338 g/mol. The van der Waals surface area contributed by atoms with Crippen LogP contribution in [0.15, 0.2) is 42.5 Å². The zero-order chi connectivity index (χ0) is 19.0. The highest BCUT2D eigenvalue weighted by atomic mass is 16.2. The van der Waals surface area contributed by atoms with Gasteiger partial charge in [0.1, 0.15) is 0 Å². The maximum atomic E-state index is 12.8. The van der Waals surface area contributed by atoms with E-state index in [1.54, 1.807) is 0 Å². The molecule has 0 unspecified atom stereocenters. The van der Waals surface area contributed by atoms with Crippen molar-refractivity contribution in [1.82, 2.24) is 4.90 Å². The second kappa shape index (κ2) is 7.06. The van der Waals surface area contributed by atoms with Crippen LogP contribution in [0, 0.1) is 0 Å².